The first kappa shape index (κ1) is 15.2. The first-order chi connectivity index (χ1) is 10.7. The molecule has 2 aliphatic carbocycles. The van der Waals surface area contributed by atoms with Gasteiger partial charge in [0.15, 0.2) is 5.69 Å². The zero-order valence-electron chi connectivity index (χ0n) is 13.1. The van der Waals surface area contributed by atoms with Crippen LogP contribution in [0.2, 0.25) is 0 Å². The average Bonchev–Trinajstić information content (AvgIpc) is 2.97. The van der Waals surface area contributed by atoms with Crippen LogP contribution in [0.25, 0.3) is 0 Å². The highest BCUT2D eigenvalue weighted by Crippen LogP contribution is 2.31. The zero-order valence-corrected chi connectivity index (χ0v) is 13.1. The molecule has 0 aliphatic heterocycles. The summed E-state index contributed by atoms with van der Waals surface area (Å²) in [4.78, 5) is 27.3. The van der Waals surface area contributed by atoms with Gasteiger partial charge in [0.05, 0.1) is 6.04 Å². The van der Waals surface area contributed by atoms with Crippen molar-refractivity contribution in [1.82, 2.24) is 20.5 Å². The van der Waals surface area contributed by atoms with Gasteiger partial charge in [-0.25, -0.2) is 0 Å². The van der Waals surface area contributed by atoms with E-state index in [2.05, 4.69) is 20.5 Å². The lowest BCUT2D eigenvalue weighted by Crippen LogP contribution is -2.39. The number of nitrogens with one attached hydrogen (secondary N) is 2. The number of nitrogens with zero attached hydrogens (tertiary/aromatic N) is 2. The Hall–Kier alpha value is -1.72. The third-order valence-electron chi connectivity index (χ3n) is 5.01. The van der Waals surface area contributed by atoms with Crippen LogP contribution >= 0.6 is 0 Å². The van der Waals surface area contributed by atoms with Crippen molar-refractivity contribution in [3.05, 3.63) is 21.9 Å². The molecule has 1 unspecified atom stereocenters. The Morgan fingerprint density at radius 2 is 1.95 bits per heavy atom. The Morgan fingerprint density at radius 3 is 2.50 bits per heavy atom. The number of hydrogen-bond acceptors (Lipinski definition) is 4. The first-order valence-corrected chi connectivity index (χ1v) is 8.46. The summed E-state index contributed by atoms with van der Waals surface area (Å²) >= 11 is 0. The van der Waals surface area contributed by atoms with Crippen LogP contribution in [-0.2, 0) is 4.79 Å². The van der Waals surface area contributed by atoms with Crippen LogP contribution < -0.4 is 10.9 Å². The van der Waals surface area contributed by atoms with E-state index in [0.29, 0.717) is 23.9 Å². The lowest BCUT2D eigenvalue weighted by Gasteiger charge is -2.26. The van der Waals surface area contributed by atoms with E-state index >= 15 is 0 Å². The smallest absolute Gasteiger partial charge is 0.275 e. The Morgan fingerprint density at radius 1 is 1.23 bits per heavy atom. The van der Waals surface area contributed by atoms with Gasteiger partial charge in [-0.05, 0) is 32.1 Å². The molecule has 1 aromatic rings. The zero-order chi connectivity index (χ0) is 15.5. The van der Waals surface area contributed by atoms with Gasteiger partial charge in [-0.15, -0.1) is 10.2 Å². The number of rotatable bonds is 5. The molecule has 0 radical (unpaired) electrons. The summed E-state index contributed by atoms with van der Waals surface area (Å²) in [5.74, 6) is 1.18. The highest BCUT2D eigenvalue weighted by atomic mass is 16.2. The average molecular weight is 304 g/mol. The van der Waals surface area contributed by atoms with Gasteiger partial charge in [0.1, 0.15) is 5.82 Å². The van der Waals surface area contributed by atoms with Crippen LogP contribution in [0, 0.1) is 5.92 Å². The normalized spacial score (nSPS) is 20.6. The van der Waals surface area contributed by atoms with Crippen LogP contribution in [-0.4, -0.2) is 21.1 Å². The minimum Gasteiger partial charge on any atom is -0.347 e. The van der Waals surface area contributed by atoms with Gasteiger partial charge in [-0.1, -0.05) is 26.2 Å². The highest BCUT2D eigenvalue weighted by Gasteiger charge is 2.28. The molecule has 2 fully saturated rings. The monoisotopic (exact) mass is 304 g/mol. The molecule has 0 aromatic carbocycles. The summed E-state index contributed by atoms with van der Waals surface area (Å²) in [5.41, 5.74) is 0.120. The van der Waals surface area contributed by atoms with Crippen molar-refractivity contribution in [3.8, 4) is 0 Å². The van der Waals surface area contributed by atoms with Crippen molar-refractivity contribution in [2.75, 3.05) is 0 Å². The van der Waals surface area contributed by atoms with Crippen LogP contribution in [0.4, 0.5) is 0 Å². The molecule has 120 valence electrons. The number of hydrogen-bond donors (Lipinski definition) is 2. The molecule has 3 rings (SSSR count). The van der Waals surface area contributed by atoms with E-state index in [4.69, 9.17) is 0 Å². The van der Waals surface area contributed by atoms with Crippen LogP contribution in [0.1, 0.15) is 81.8 Å². The second kappa shape index (κ2) is 6.58. The molecular formula is C16H24N4O2. The van der Waals surface area contributed by atoms with Gasteiger partial charge in [-0.3, -0.25) is 9.59 Å². The topological polar surface area (TPSA) is 87.7 Å². The Balaban J connectivity index is 1.73. The molecule has 0 spiro atoms. The van der Waals surface area contributed by atoms with Crippen molar-refractivity contribution in [2.24, 2.45) is 5.92 Å². The fourth-order valence-corrected chi connectivity index (χ4v) is 3.29. The van der Waals surface area contributed by atoms with Gasteiger partial charge >= 0.3 is 0 Å². The lowest BCUT2D eigenvalue weighted by molar-refractivity contribution is -0.128. The minimum atomic E-state index is -0.345. The lowest BCUT2D eigenvalue weighted by atomic mass is 9.84. The van der Waals surface area contributed by atoms with E-state index in [1.807, 2.05) is 6.92 Å². The molecule has 1 aromatic heterocycles. The van der Waals surface area contributed by atoms with Crippen LogP contribution in [0.15, 0.2) is 4.79 Å². The molecule has 6 nitrogen and oxygen atoms in total. The van der Waals surface area contributed by atoms with Crippen molar-refractivity contribution in [2.45, 2.75) is 70.3 Å². The standard InChI is InChI=1S/C16H24N4O2/c1-2-12(17-15(21)11-8-5-9-11)13-16(22)18-14(20-19-13)10-6-3-4-7-10/h10-12H,2-9H2,1H3,(H,17,21)(H,18,20,22). The van der Waals surface area contributed by atoms with Crippen molar-refractivity contribution < 1.29 is 4.79 Å². The maximum Gasteiger partial charge on any atom is 0.275 e. The molecule has 1 heterocycles. The molecule has 2 aliphatic rings. The van der Waals surface area contributed by atoms with E-state index in [9.17, 15) is 9.59 Å². The van der Waals surface area contributed by atoms with E-state index < -0.39 is 0 Å². The van der Waals surface area contributed by atoms with E-state index in [-0.39, 0.29) is 23.4 Å². The summed E-state index contributed by atoms with van der Waals surface area (Å²) in [6.45, 7) is 1.94. The number of aromatic amines is 1. The fraction of sp³-hybridized carbons (Fsp3) is 0.750. The summed E-state index contributed by atoms with van der Waals surface area (Å²) < 4.78 is 0. The molecule has 0 saturated heterocycles. The first-order valence-electron chi connectivity index (χ1n) is 8.46. The van der Waals surface area contributed by atoms with Gasteiger partial charge in [-0.2, -0.15) is 0 Å². The molecular weight excluding hydrogens is 280 g/mol. The maximum atomic E-state index is 12.3. The van der Waals surface area contributed by atoms with Gasteiger partial charge in [0.2, 0.25) is 5.91 Å². The van der Waals surface area contributed by atoms with E-state index in [1.54, 1.807) is 0 Å². The molecule has 2 saturated carbocycles. The van der Waals surface area contributed by atoms with Crippen molar-refractivity contribution in [3.63, 3.8) is 0 Å². The Kier molecular flexibility index (Phi) is 4.55. The molecule has 1 atom stereocenters. The largest absolute Gasteiger partial charge is 0.347 e. The highest BCUT2D eigenvalue weighted by molar-refractivity contribution is 5.79. The Labute approximate surface area is 130 Å². The second-order valence-electron chi connectivity index (χ2n) is 6.50. The van der Waals surface area contributed by atoms with Gasteiger partial charge in [0, 0.05) is 11.8 Å². The maximum absolute atomic E-state index is 12.3. The van der Waals surface area contributed by atoms with Crippen LogP contribution in [0.5, 0.6) is 0 Å². The quantitative estimate of drug-likeness (QED) is 0.873. The molecule has 0 bridgehead atoms. The Bertz CT molecular complexity index is 588. The summed E-state index contributed by atoms with van der Waals surface area (Å²) in [7, 11) is 0. The van der Waals surface area contributed by atoms with Crippen molar-refractivity contribution in [1.29, 1.82) is 0 Å². The van der Waals surface area contributed by atoms with Crippen LogP contribution in [0.3, 0.4) is 0 Å². The van der Waals surface area contributed by atoms with Crippen molar-refractivity contribution >= 4 is 5.91 Å². The fourth-order valence-electron chi connectivity index (χ4n) is 3.29. The number of aromatic nitrogens is 3. The molecule has 1 amide bonds. The molecule has 22 heavy (non-hydrogen) atoms. The van der Waals surface area contributed by atoms with E-state index in [0.717, 1.165) is 32.1 Å². The van der Waals surface area contributed by atoms with Gasteiger partial charge < -0.3 is 10.3 Å². The SMILES string of the molecule is CCC(NC(=O)C1CCC1)c1nnc(C2CCCC2)[nH]c1=O. The minimum absolute atomic E-state index is 0.0409. The molecule has 6 heteroatoms. The second-order valence-corrected chi connectivity index (χ2v) is 6.50. The number of amides is 1. The summed E-state index contributed by atoms with van der Waals surface area (Å²) in [6.07, 6.45) is 8.16. The summed E-state index contributed by atoms with van der Waals surface area (Å²) in [5, 5.41) is 11.3. The number of carbonyl (C=O) groups excluding carboxylic acids is 1. The molecule has 2 N–H and O–H groups in total. The third-order valence-corrected chi connectivity index (χ3v) is 5.01. The van der Waals surface area contributed by atoms with E-state index in [1.165, 1.54) is 12.8 Å². The van der Waals surface area contributed by atoms with Gasteiger partial charge in [0.25, 0.3) is 5.56 Å². The third kappa shape index (κ3) is 3.05. The predicted molar refractivity (Wildman–Crippen MR) is 82.4 cm³/mol. The number of carbonyl (C=O) groups is 1. The summed E-state index contributed by atoms with van der Waals surface area (Å²) in [6, 6.07) is -0.345. The number of H-pyrrole nitrogens is 1. The predicted octanol–water partition coefficient (Wildman–Crippen LogP) is 2.19.